The fraction of sp³-hybridized carbons (Fsp3) is 0.400. The number of ketones is 1. The molecule has 0 aliphatic carbocycles. The number of hydrogen-bond acceptors (Lipinski definition) is 6. The van der Waals surface area contributed by atoms with Gasteiger partial charge in [-0.25, -0.2) is 13.2 Å². The van der Waals surface area contributed by atoms with Crippen molar-refractivity contribution in [1.29, 1.82) is 0 Å². The van der Waals surface area contributed by atoms with Gasteiger partial charge in [-0.3, -0.25) is 9.59 Å². The highest BCUT2D eigenvalue weighted by atomic mass is 35.5. The first-order valence-corrected chi connectivity index (χ1v) is 9.36. The summed E-state index contributed by atoms with van der Waals surface area (Å²) >= 11 is 6.01. The van der Waals surface area contributed by atoms with Crippen LogP contribution in [0.2, 0.25) is 5.02 Å². The van der Waals surface area contributed by atoms with Crippen LogP contribution in [0.25, 0.3) is 0 Å². The lowest BCUT2D eigenvalue weighted by molar-refractivity contribution is -0.137. The zero-order chi connectivity index (χ0) is 18.6. The number of Topliss-reactive ketones (excluding diaryl/α,β-unsaturated/α-hetero) is 1. The summed E-state index contributed by atoms with van der Waals surface area (Å²) in [4.78, 5) is 33.7. The quantitative estimate of drug-likeness (QED) is 0.449. The monoisotopic (exact) mass is 388 g/mol. The number of sulfonamides is 1. The molecule has 136 valence electrons. The molecule has 8 nitrogen and oxygen atoms in total. The lowest BCUT2D eigenvalue weighted by atomic mass is 10.1. The van der Waals surface area contributed by atoms with Crippen LogP contribution in [0.1, 0.15) is 36.0 Å². The van der Waals surface area contributed by atoms with Crippen molar-refractivity contribution in [2.75, 3.05) is 13.1 Å². The molecule has 1 aromatic carbocycles. The van der Waals surface area contributed by atoms with Gasteiger partial charge in [-0.2, -0.15) is 4.31 Å². The van der Waals surface area contributed by atoms with E-state index in [0.29, 0.717) is 13.1 Å². The Morgan fingerprint density at radius 2 is 1.80 bits per heavy atom. The average molecular weight is 389 g/mol. The van der Waals surface area contributed by atoms with Crippen molar-refractivity contribution in [3.8, 4) is 0 Å². The number of halogens is 1. The van der Waals surface area contributed by atoms with E-state index in [0.717, 1.165) is 12.8 Å². The second-order valence-electron chi connectivity index (χ2n) is 5.47. The van der Waals surface area contributed by atoms with Crippen LogP contribution in [0.3, 0.4) is 0 Å². The third kappa shape index (κ3) is 4.77. The summed E-state index contributed by atoms with van der Waals surface area (Å²) in [6.07, 6.45) is -0.298. The molecule has 2 rings (SSSR count). The van der Waals surface area contributed by atoms with Gasteiger partial charge in [0.15, 0.2) is 5.78 Å². The smallest absolute Gasteiger partial charge is 0.376 e. The number of hydrogen-bond donors (Lipinski definition) is 1. The summed E-state index contributed by atoms with van der Waals surface area (Å²) in [5, 5.41) is 0.0246. The minimum atomic E-state index is -3.78. The third-order valence-corrected chi connectivity index (χ3v) is 6.09. The zero-order valence-corrected chi connectivity index (χ0v) is 14.8. The summed E-state index contributed by atoms with van der Waals surface area (Å²) in [6.45, 7) is 0.825. The molecule has 0 bridgehead atoms. The van der Waals surface area contributed by atoms with Crippen LogP contribution in [-0.4, -0.2) is 43.7 Å². The van der Waals surface area contributed by atoms with E-state index in [4.69, 9.17) is 17.3 Å². The van der Waals surface area contributed by atoms with Crippen molar-refractivity contribution in [3.63, 3.8) is 0 Å². The fourth-order valence-corrected chi connectivity index (χ4v) is 4.48. The number of carbonyl (C=O) groups is 3. The van der Waals surface area contributed by atoms with E-state index >= 15 is 0 Å². The SMILES string of the molecule is NC(=O)OC(=O)CCC(=O)c1ccc(Cl)c(S(=O)(=O)N2CCCC2)c1. The number of ether oxygens (including phenoxy) is 1. The van der Waals surface area contributed by atoms with Gasteiger partial charge in [0.05, 0.1) is 11.4 Å². The first-order valence-electron chi connectivity index (χ1n) is 7.55. The lowest BCUT2D eigenvalue weighted by Gasteiger charge is -2.17. The van der Waals surface area contributed by atoms with Crippen molar-refractivity contribution in [2.24, 2.45) is 5.73 Å². The molecular weight excluding hydrogens is 372 g/mol. The van der Waals surface area contributed by atoms with Gasteiger partial charge in [0.25, 0.3) is 0 Å². The van der Waals surface area contributed by atoms with Gasteiger partial charge >= 0.3 is 12.1 Å². The molecule has 1 amide bonds. The number of carbonyl (C=O) groups excluding carboxylic acids is 3. The Morgan fingerprint density at radius 1 is 1.16 bits per heavy atom. The molecule has 1 aliphatic rings. The van der Waals surface area contributed by atoms with Crippen LogP contribution in [-0.2, 0) is 19.6 Å². The van der Waals surface area contributed by atoms with Gasteiger partial charge in [-0.05, 0) is 31.0 Å². The first-order chi connectivity index (χ1) is 11.7. The Hall–Kier alpha value is -1.97. The minimum absolute atomic E-state index is 0.0246. The van der Waals surface area contributed by atoms with E-state index in [2.05, 4.69) is 4.74 Å². The summed E-state index contributed by atoms with van der Waals surface area (Å²) < 4.78 is 30.7. The minimum Gasteiger partial charge on any atom is -0.376 e. The summed E-state index contributed by atoms with van der Waals surface area (Å²) in [5.41, 5.74) is 4.81. The maximum Gasteiger partial charge on any atom is 0.412 e. The molecule has 2 N–H and O–H groups in total. The second kappa shape index (κ2) is 7.94. The van der Waals surface area contributed by atoms with E-state index in [1.165, 1.54) is 22.5 Å². The van der Waals surface area contributed by atoms with Crippen LogP contribution < -0.4 is 5.73 Å². The number of nitrogens with two attached hydrogens (primary N) is 1. The highest BCUT2D eigenvalue weighted by Gasteiger charge is 2.29. The van der Waals surface area contributed by atoms with Crippen LogP contribution in [0, 0.1) is 0 Å². The maximum atomic E-state index is 12.6. The average Bonchev–Trinajstić information content (AvgIpc) is 3.07. The van der Waals surface area contributed by atoms with Crippen molar-refractivity contribution < 1.29 is 27.5 Å². The second-order valence-corrected chi connectivity index (χ2v) is 7.79. The molecule has 0 spiro atoms. The van der Waals surface area contributed by atoms with Crippen molar-refractivity contribution in [2.45, 2.75) is 30.6 Å². The fourth-order valence-electron chi connectivity index (χ4n) is 2.47. The van der Waals surface area contributed by atoms with E-state index in [-0.39, 0.29) is 28.3 Å². The molecule has 1 saturated heterocycles. The normalized spacial score (nSPS) is 15.1. The van der Waals surface area contributed by atoms with E-state index < -0.39 is 27.9 Å². The molecule has 0 atom stereocenters. The molecule has 1 aliphatic heterocycles. The number of nitrogens with zero attached hydrogens (tertiary/aromatic N) is 1. The molecule has 0 aromatic heterocycles. The van der Waals surface area contributed by atoms with E-state index in [9.17, 15) is 22.8 Å². The Kier molecular flexibility index (Phi) is 6.15. The largest absolute Gasteiger partial charge is 0.412 e. The van der Waals surface area contributed by atoms with Crippen LogP contribution in [0.4, 0.5) is 4.79 Å². The Labute approximate surface area is 149 Å². The van der Waals surface area contributed by atoms with Crippen LogP contribution in [0.5, 0.6) is 0 Å². The Balaban J connectivity index is 2.16. The summed E-state index contributed by atoms with van der Waals surface area (Å²) in [7, 11) is -3.78. The highest BCUT2D eigenvalue weighted by Crippen LogP contribution is 2.28. The van der Waals surface area contributed by atoms with Gasteiger partial charge < -0.3 is 10.5 Å². The van der Waals surface area contributed by atoms with Gasteiger partial charge in [-0.1, -0.05) is 11.6 Å². The number of rotatable bonds is 6. The predicted octanol–water partition coefficient (Wildman–Crippen LogP) is 1.71. The number of esters is 1. The van der Waals surface area contributed by atoms with Crippen molar-refractivity contribution in [3.05, 3.63) is 28.8 Å². The maximum absolute atomic E-state index is 12.6. The number of benzene rings is 1. The molecule has 0 saturated carbocycles. The molecule has 0 unspecified atom stereocenters. The lowest BCUT2D eigenvalue weighted by Crippen LogP contribution is -2.28. The molecule has 25 heavy (non-hydrogen) atoms. The zero-order valence-electron chi connectivity index (χ0n) is 13.2. The third-order valence-electron chi connectivity index (χ3n) is 3.71. The molecule has 1 heterocycles. The number of amides is 1. The van der Waals surface area contributed by atoms with Crippen molar-refractivity contribution >= 4 is 39.5 Å². The molecular formula is C15H17ClN2O6S. The standard InChI is InChI=1S/C15H17ClN2O6S/c16-11-4-3-10(12(19)5-6-14(20)24-15(17)21)9-13(11)25(22,23)18-7-1-2-8-18/h3-4,9H,1-2,5-8H2,(H2,17,21). The first kappa shape index (κ1) is 19.4. The van der Waals surface area contributed by atoms with Gasteiger partial charge in [0.2, 0.25) is 10.0 Å². The Bertz CT molecular complexity index is 802. The molecule has 0 radical (unpaired) electrons. The highest BCUT2D eigenvalue weighted by molar-refractivity contribution is 7.89. The summed E-state index contributed by atoms with van der Waals surface area (Å²) in [5.74, 6) is -1.41. The molecule has 10 heteroatoms. The summed E-state index contributed by atoms with van der Waals surface area (Å²) in [6, 6.07) is 3.92. The topological polar surface area (TPSA) is 124 Å². The van der Waals surface area contributed by atoms with Crippen LogP contribution in [0.15, 0.2) is 23.1 Å². The Morgan fingerprint density at radius 3 is 2.40 bits per heavy atom. The van der Waals surface area contributed by atoms with Gasteiger partial charge in [0, 0.05) is 25.1 Å². The van der Waals surface area contributed by atoms with E-state index in [1.54, 1.807) is 0 Å². The van der Waals surface area contributed by atoms with E-state index in [1.807, 2.05) is 0 Å². The van der Waals surface area contributed by atoms with Crippen molar-refractivity contribution in [1.82, 2.24) is 4.31 Å². The van der Waals surface area contributed by atoms with Gasteiger partial charge in [-0.15, -0.1) is 0 Å². The molecule has 1 fully saturated rings. The van der Waals surface area contributed by atoms with Crippen LogP contribution >= 0.6 is 11.6 Å². The van der Waals surface area contributed by atoms with Gasteiger partial charge in [0.1, 0.15) is 4.90 Å². The predicted molar refractivity (Wildman–Crippen MR) is 88.7 cm³/mol. The molecule has 1 aromatic rings. The number of primary amides is 1.